The van der Waals surface area contributed by atoms with Gasteiger partial charge in [0, 0.05) is 5.92 Å². The van der Waals surface area contributed by atoms with E-state index in [1.165, 1.54) is 64.2 Å². The molecular formula is C30H52OSi. The lowest BCUT2D eigenvalue weighted by Gasteiger charge is -2.65. The molecule has 3 fully saturated rings. The summed E-state index contributed by atoms with van der Waals surface area (Å²) in [6.07, 6.45) is 16.9. The van der Waals surface area contributed by atoms with Gasteiger partial charge in [0.25, 0.3) is 0 Å². The lowest BCUT2D eigenvalue weighted by Crippen LogP contribution is -2.59. The minimum Gasteiger partial charge on any atom is -0.295 e. The Balaban J connectivity index is 1.74. The summed E-state index contributed by atoms with van der Waals surface area (Å²) in [5.74, 6) is 3.94. The number of ketones is 1. The Morgan fingerprint density at radius 3 is 2.31 bits per heavy atom. The van der Waals surface area contributed by atoms with Gasteiger partial charge in [-0.15, -0.1) is 0 Å². The number of allylic oxidation sites excluding steroid dienone is 2. The van der Waals surface area contributed by atoms with Crippen molar-refractivity contribution in [3.63, 3.8) is 0 Å². The molecule has 0 aliphatic heterocycles. The summed E-state index contributed by atoms with van der Waals surface area (Å²) in [6, 6.07) is 0. The van der Waals surface area contributed by atoms with Crippen molar-refractivity contribution in [2.24, 2.45) is 40.4 Å². The third kappa shape index (κ3) is 3.47. The molecule has 182 valence electrons. The number of hydrogen-bond acceptors (Lipinski definition) is 1. The highest BCUT2D eigenvalue weighted by molar-refractivity contribution is 6.80. The van der Waals surface area contributed by atoms with Crippen LogP contribution in [0.15, 0.2) is 11.6 Å². The molecule has 0 N–H and O–H groups in total. The van der Waals surface area contributed by atoms with Gasteiger partial charge in [0.2, 0.25) is 0 Å². The Morgan fingerprint density at radius 2 is 1.66 bits per heavy atom. The van der Waals surface area contributed by atoms with Gasteiger partial charge in [-0.2, -0.15) is 0 Å². The minimum atomic E-state index is -1.56. The number of fused-ring (bicyclic) bond motifs is 5. The van der Waals surface area contributed by atoms with E-state index < -0.39 is 8.07 Å². The van der Waals surface area contributed by atoms with Crippen LogP contribution in [0.25, 0.3) is 0 Å². The zero-order valence-corrected chi connectivity index (χ0v) is 23.7. The standard InChI is InChI=1S/C30H52OSi/c1-21(2)12-11-13-22(3)23-16-19-30(32(6,7)8)26-20-27(31)25-14-9-10-17-28(25,4)24(26)15-18-29(23,30)5/h20-25H,9-19H2,1-8H3/t22-,23-,24+,25-,28-,29-,30-/m1/s1. The van der Waals surface area contributed by atoms with Crippen molar-refractivity contribution in [1.82, 2.24) is 0 Å². The molecule has 4 rings (SSSR count). The van der Waals surface area contributed by atoms with Crippen LogP contribution in [0, 0.1) is 40.4 Å². The Kier molecular flexibility index (Phi) is 6.48. The fourth-order valence-corrected chi connectivity index (χ4v) is 14.1. The molecule has 0 heterocycles. The third-order valence-electron chi connectivity index (χ3n) is 11.5. The molecular weight excluding hydrogens is 404 g/mol. The summed E-state index contributed by atoms with van der Waals surface area (Å²) in [4.78, 5) is 13.6. The summed E-state index contributed by atoms with van der Waals surface area (Å²) in [5, 5.41) is 0.320. The third-order valence-corrected chi connectivity index (χ3v) is 15.2. The zero-order chi connectivity index (χ0) is 23.5. The van der Waals surface area contributed by atoms with Gasteiger partial charge in [0.15, 0.2) is 5.78 Å². The van der Waals surface area contributed by atoms with Crippen LogP contribution in [-0.4, -0.2) is 13.9 Å². The quantitative estimate of drug-likeness (QED) is 0.364. The highest BCUT2D eigenvalue weighted by Gasteiger charge is 2.69. The van der Waals surface area contributed by atoms with Crippen LogP contribution in [0.1, 0.15) is 105 Å². The summed E-state index contributed by atoms with van der Waals surface area (Å²) in [7, 11) is -1.56. The Hall–Kier alpha value is -0.373. The molecule has 4 aliphatic carbocycles. The smallest absolute Gasteiger partial charge is 0.159 e. The molecule has 3 saturated carbocycles. The molecule has 0 amide bonds. The molecule has 0 aromatic heterocycles. The Bertz CT molecular complexity index is 759. The van der Waals surface area contributed by atoms with Gasteiger partial charge in [0.05, 0.1) is 8.07 Å². The maximum Gasteiger partial charge on any atom is 0.159 e. The van der Waals surface area contributed by atoms with Crippen molar-refractivity contribution in [1.29, 1.82) is 0 Å². The topological polar surface area (TPSA) is 17.1 Å². The number of carbonyl (C=O) groups is 1. The second kappa shape index (κ2) is 8.38. The van der Waals surface area contributed by atoms with E-state index in [-0.39, 0.29) is 5.41 Å². The normalized spacial score (nSPS) is 42.8. The fraction of sp³-hybridized carbons (Fsp3) is 0.900. The molecule has 0 bridgehead atoms. The summed E-state index contributed by atoms with van der Waals surface area (Å²) in [6.45, 7) is 20.4. The van der Waals surface area contributed by atoms with Gasteiger partial charge in [-0.05, 0) is 84.1 Å². The minimum absolute atomic E-state index is 0.231. The van der Waals surface area contributed by atoms with E-state index >= 15 is 0 Å². The zero-order valence-electron chi connectivity index (χ0n) is 22.7. The van der Waals surface area contributed by atoms with Crippen LogP contribution in [-0.2, 0) is 4.79 Å². The largest absolute Gasteiger partial charge is 0.295 e. The molecule has 0 aromatic carbocycles. The summed E-state index contributed by atoms with van der Waals surface area (Å²) in [5.41, 5.74) is 2.29. The van der Waals surface area contributed by atoms with Crippen LogP contribution >= 0.6 is 0 Å². The SMILES string of the molecule is CC(C)CCC[C@@H](C)[C@H]1CC[C@@]2([Si](C)(C)C)C3=CC(=O)[C@H]4CCCC[C@]4(C)[C@H]3CC[C@]12C. The highest BCUT2D eigenvalue weighted by atomic mass is 28.3. The molecule has 1 nitrogen and oxygen atoms in total. The van der Waals surface area contributed by atoms with Crippen LogP contribution in [0.2, 0.25) is 24.7 Å². The van der Waals surface area contributed by atoms with Crippen LogP contribution in [0.3, 0.4) is 0 Å². The molecule has 2 heteroatoms. The summed E-state index contributed by atoms with van der Waals surface area (Å²) < 4.78 is 0. The van der Waals surface area contributed by atoms with Crippen LogP contribution in [0.4, 0.5) is 0 Å². The Labute approximate surface area is 200 Å². The fourth-order valence-electron chi connectivity index (χ4n) is 10.1. The van der Waals surface area contributed by atoms with Gasteiger partial charge in [-0.1, -0.05) is 91.9 Å². The molecule has 0 spiro atoms. The molecule has 32 heavy (non-hydrogen) atoms. The van der Waals surface area contributed by atoms with E-state index in [1.807, 2.05) is 0 Å². The first-order chi connectivity index (χ1) is 14.9. The molecule has 0 saturated heterocycles. The number of hydrogen-bond donors (Lipinski definition) is 0. The van der Waals surface area contributed by atoms with E-state index in [4.69, 9.17) is 0 Å². The van der Waals surface area contributed by atoms with Crippen molar-refractivity contribution in [3.8, 4) is 0 Å². The number of rotatable bonds is 6. The van der Waals surface area contributed by atoms with Gasteiger partial charge in [0.1, 0.15) is 0 Å². The average Bonchev–Trinajstić information content (AvgIpc) is 3.02. The highest BCUT2D eigenvalue weighted by Crippen LogP contribution is 2.78. The summed E-state index contributed by atoms with van der Waals surface area (Å²) >= 11 is 0. The second-order valence-electron chi connectivity index (χ2n) is 14.4. The van der Waals surface area contributed by atoms with Gasteiger partial charge < -0.3 is 0 Å². The first-order valence-corrected chi connectivity index (χ1v) is 17.6. The van der Waals surface area contributed by atoms with E-state index in [0.717, 1.165) is 24.2 Å². The molecule has 0 aromatic rings. The van der Waals surface area contributed by atoms with Gasteiger partial charge in [-0.25, -0.2) is 0 Å². The van der Waals surface area contributed by atoms with Crippen LogP contribution in [0.5, 0.6) is 0 Å². The first-order valence-electron chi connectivity index (χ1n) is 14.1. The second-order valence-corrected chi connectivity index (χ2v) is 19.8. The van der Waals surface area contributed by atoms with Crippen molar-refractivity contribution < 1.29 is 4.79 Å². The molecule has 4 aliphatic rings. The predicted octanol–water partition coefficient (Wildman–Crippen LogP) is 9.06. The first kappa shape index (κ1) is 24.7. The lowest BCUT2D eigenvalue weighted by atomic mass is 9.47. The van der Waals surface area contributed by atoms with Crippen molar-refractivity contribution in [2.45, 2.75) is 130 Å². The maximum absolute atomic E-state index is 13.6. The number of carbonyl (C=O) groups excluding carboxylic acids is 1. The van der Waals surface area contributed by atoms with Gasteiger partial charge in [-0.3, -0.25) is 4.79 Å². The molecule has 7 atom stereocenters. The predicted molar refractivity (Wildman–Crippen MR) is 141 cm³/mol. The van der Waals surface area contributed by atoms with E-state index in [1.54, 1.807) is 5.57 Å². The monoisotopic (exact) mass is 456 g/mol. The van der Waals surface area contributed by atoms with Crippen molar-refractivity contribution in [2.75, 3.05) is 0 Å². The van der Waals surface area contributed by atoms with Crippen molar-refractivity contribution in [3.05, 3.63) is 11.6 Å². The van der Waals surface area contributed by atoms with Crippen molar-refractivity contribution >= 4 is 13.9 Å². The van der Waals surface area contributed by atoms with E-state index in [2.05, 4.69) is 60.3 Å². The van der Waals surface area contributed by atoms with Crippen LogP contribution < -0.4 is 0 Å². The maximum atomic E-state index is 13.6. The average molecular weight is 457 g/mol. The molecule has 0 radical (unpaired) electrons. The Morgan fingerprint density at radius 1 is 0.938 bits per heavy atom. The molecule has 0 unspecified atom stereocenters. The van der Waals surface area contributed by atoms with Gasteiger partial charge >= 0.3 is 0 Å². The van der Waals surface area contributed by atoms with E-state index in [0.29, 0.717) is 28.1 Å². The van der Waals surface area contributed by atoms with E-state index in [9.17, 15) is 4.79 Å². The lowest BCUT2D eigenvalue weighted by molar-refractivity contribution is -0.128.